The Morgan fingerprint density at radius 1 is 1.14 bits per heavy atom. The molecule has 0 unspecified atom stereocenters. The van der Waals surface area contributed by atoms with E-state index in [2.05, 4.69) is 19.6 Å². The monoisotopic (exact) mass is 480 g/mol. The zero-order valence-electron chi connectivity index (χ0n) is 19.6. The molecule has 0 aliphatic heterocycles. The van der Waals surface area contributed by atoms with E-state index in [1.807, 2.05) is 6.92 Å². The summed E-state index contributed by atoms with van der Waals surface area (Å²) in [6.07, 6.45) is 3.14. The van der Waals surface area contributed by atoms with Crippen LogP contribution in [-0.4, -0.2) is 39.0 Å². The van der Waals surface area contributed by atoms with E-state index in [0.29, 0.717) is 35.0 Å². The van der Waals surface area contributed by atoms with Gasteiger partial charge >= 0.3 is 0 Å². The molecule has 0 bridgehead atoms. The molecule has 2 aromatic heterocycles. The van der Waals surface area contributed by atoms with Gasteiger partial charge in [-0.2, -0.15) is 9.97 Å². The second-order valence-electron chi connectivity index (χ2n) is 7.83. The summed E-state index contributed by atoms with van der Waals surface area (Å²) in [6, 6.07) is 9.58. The zero-order chi connectivity index (χ0) is 24.9. The maximum atomic E-state index is 14.7. The van der Waals surface area contributed by atoms with Crippen molar-refractivity contribution in [2.75, 3.05) is 14.2 Å². The van der Waals surface area contributed by atoms with Gasteiger partial charge in [0.25, 0.3) is 5.56 Å². The van der Waals surface area contributed by atoms with E-state index < -0.39 is 17.3 Å². The highest BCUT2D eigenvalue weighted by atomic mass is 19.1. The third-order valence-corrected chi connectivity index (χ3v) is 5.62. The number of para-hydroxylation sites is 1. The van der Waals surface area contributed by atoms with Gasteiger partial charge in [0.1, 0.15) is 28.8 Å². The quantitative estimate of drug-likeness (QED) is 0.381. The fraction of sp³-hybridized carbons (Fsp3) is 0.280. The topological polar surface area (TPSA) is 113 Å². The van der Waals surface area contributed by atoms with Gasteiger partial charge in [0, 0.05) is 12.8 Å². The largest absolute Gasteiger partial charge is 0.494 e. The van der Waals surface area contributed by atoms with Crippen LogP contribution in [0, 0.1) is 5.82 Å². The van der Waals surface area contributed by atoms with Crippen molar-refractivity contribution in [2.45, 2.75) is 32.6 Å². The Bertz CT molecular complexity index is 1360. The Morgan fingerprint density at radius 2 is 1.89 bits per heavy atom. The van der Waals surface area contributed by atoms with Crippen molar-refractivity contribution < 1.29 is 23.5 Å². The molecule has 0 amide bonds. The van der Waals surface area contributed by atoms with Crippen molar-refractivity contribution >= 4 is 0 Å². The Kier molecular flexibility index (Phi) is 7.09. The Hall–Kier alpha value is -4.21. The Morgan fingerprint density at radius 3 is 2.49 bits per heavy atom. The lowest BCUT2D eigenvalue weighted by Crippen LogP contribution is -2.28. The SMILES string of the molecule is CCCCc1nc(O)c(Cc2ccc(-c3ncon3)c(F)c2)c(=O)n1-c1c(OC)cccc1OC. The van der Waals surface area contributed by atoms with Crippen LogP contribution in [0.25, 0.3) is 17.1 Å². The minimum absolute atomic E-state index is 0.0184. The van der Waals surface area contributed by atoms with Gasteiger partial charge in [-0.3, -0.25) is 9.36 Å². The first kappa shape index (κ1) is 23.9. The first-order valence-electron chi connectivity index (χ1n) is 11.1. The maximum Gasteiger partial charge on any atom is 0.265 e. The fourth-order valence-electron chi connectivity index (χ4n) is 3.87. The van der Waals surface area contributed by atoms with E-state index in [1.54, 1.807) is 24.3 Å². The molecule has 1 N–H and O–H groups in total. The molecule has 2 aromatic carbocycles. The number of ether oxygens (including phenoxy) is 2. The van der Waals surface area contributed by atoms with Gasteiger partial charge in [-0.25, -0.2) is 4.39 Å². The van der Waals surface area contributed by atoms with Gasteiger partial charge in [-0.1, -0.05) is 30.6 Å². The molecule has 0 aliphatic carbocycles. The summed E-state index contributed by atoms with van der Waals surface area (Å²) in [7, 11) is 3.00. The molecule has 2 heterocycles. The van der Waals surface area contributed by atoms with Gasteiger partial charge in [0.05, 0.1) is 25.3 Å². The number of nitrogens with zero attached hydrogens (tertiary/aromatic N) is 4. The molecule has 0 spiro atoms. The number of aryl methyl sites for hydroxylation is 1. The highest BCUT2D eigenvalue weighted by Crippen LogP contribution is 2.33. The molecule has 0 aliphatic rings. The van der Waals surface area contributed by atoms with Crippen LogP contribution < -0.4 is 15.0 Å². The average molecular weight is 480 g/mol. The van der Waals surface area contributed by atoms with Crippen molar-refractivity contribution in [3.8, 4) is 34.5 Å². The van der Waals surface area contributed by atoms with Crippen LogP contribution in [-0.2, 0) is 12.8 Å². The summed E-state index contributed by atoms with van der Waals surface area (Å²) >= 11 is 0. The van der Waals surface area contributed by atoms with Gasteiger partial charge in [0.15, 0.2) is 0 Å². The van der Waals surface area contributed by atoms with Gasteiger partial charge in [-0.15, -0.1) is 0 Å². The third-order valence-electron chi connectivity index (χ3n) is 5.62. The lowest BCUT2D eigenvalue weighted by atomic mass is 10.0. The van der Waals surface area contributed by atoms with Gasteiger partial charge in [-0.05, 0) is 36.2 Å². The molecule has 4 rings (SSSR count). The predicted molar refractivity (Wildman–Crippen MR) is 126 cm³/mol. The van der Waals surface area contributed by atoms with Gasteiger partial charge < -0.3 is 19.1 Å². The number of rotatable bonds is 9. The summed E-state index contributed by atoms with van der Waals surface area (Å²) in [5.41, 5.74) is 0.541. The van der Waals surface area contributed by atoms with E-state index in [1.165, 1.54) is 30.9 Å². The molecular weight excluding hydrogens is 455 g/mol. The molecule has 9 nitrogen and oxygen atoms in total. The maximum absolute atomic E-state index is 14.7. The minimum Gasteiger partial charge on any atom is -0.494 e. The van der Waals surface area contributed by atoms with Crippen LogP contribution in [0.2, 0.25) is 0 Å². The van der Waals surface area contributed by atoms with Crippen LogP contribution in [0.1, 0.15) is 36.7 Å². The van der Waals surface area contributed by atoms with Crippen molar-refractivity contribution in [1.82, 2.24) is 19.7 Å². The number of hydrogen-bond donors (Lipinski definition) is 1. The van der Waals surface area contributed by atoms with E-state index >= 15 is 0 Å². The number of hydrogen-bond acceptors (Lipinski definition) is 8. The summed E-state index contributed by atoms with van der Waals surface area (Å²) in [5, 5.41) is 14.4. The summed E-state index contributed by atoms with van der Waals surface area (Å²) in [6.45, 7) is 2.02. The minimum atomic E-state index is -0.581. The molecular formula is C25H25FN4O5. The summed E-state index contributed by atoms with van der Waals surface area (Å²) < 4.78 is 31.9. The lowest BCUT2D eigenvalue weighted by molar-refractivity contribution is 0.387. The lowest BCUT2D eigenvalue weighted by Gasteiger charge is -2.19. The molecule has 0 saturated carbocycles. The van der Waals surface area contributed by atoms with Crippen molar-refractivity contribution in [3.05, 3.63) is 75.9 Å². The van der Waals surface area contributed by atoms with Crippen molar-refractivity contribution in [2.24, 2.45) is 0 Å². The Balaban J connectivity index is 1.85. The first-order valence-corrected chi connectivity index (χ1v) is 11.1. The van der Waals surface area contributed by atoms with Crippen LogP contribution in [0.15, 0.2) is 52.1 Å². The van der Waals surface area contributed by atoms with Crippen LogP contribution in [0.4, 0.5) is 4.39 Å². The number of benzene rings is 2. The normalized spacial score (nSPS) is 11.0. The van der Waals surface area contributed by atoms with E-state index in [-0.39, 0.29) is 23.4 Å². The average Bonchev–Trinajstić information content (AvgIpc) is 3.39. The van der Waals surface area contributed by atoms with Crippen molar-refractivity contribution in [3.63, 3.8) is 0 Å². The zero-order valence-corrected chi connectivity index (χ0v) is 19.6. The van der Waals surface area contributed by atoms with Gasteiger partial charge in [0.2, 0.25) is 18.1 Å². The molecule has 10 heteroatoms. The third kappa shape index (κ3) is 4.72. The number of methoxy groups -OCH3 is 2. The molecule has 0 atom stereocenters. The second kappa shape index (κ2) is 10.4. The van der Waals surface area contributed by atoms with Crippen LogP contribution in [0.3, 0.4) is 0 Å². The number of unbranched alkanes of at least 4 members (excludes halogenated alkanes) is 1. The second-order valence-corrected chi connectivity index (χ2v) is 7.83. The number of aromatic hydroxyl groups is 1. The molecule has 182 valence electrons. The summed E-state index contributed by atoms with van der Waals surface area (Å²) in [5.74, 6) is 0.344. The standard InChI is InChI=1S/C25H25FN4O5/c1-4-5-9-21-28-24(31)17(12-15-10-11-16(18(26)13-15)23-27-14-35-29-23)25(32)30(21)22-19(33-2)7-6-8-20(22)34-3/h6-8,10-11,13-14,31H,4-5,9,12H2,1-3H3. The smallest absolute Gasteiger partial charge is 0.265 e. The number of halogens is 1. The molecule has 0 fully saturated rings. The predicted octanol–water partition coefficient (Wildman–Crippen LogP) is 4.08. The fourth-order valence-corrected chi connectivity index (χ4v) is 3.87. The highest BCUT2D eigenvalue weighted by molar-refractivity contribution is 5.59. The molecule has 35 heavy (non-hydrogen) atoms. The molecule has 4 aromatic rings. The van der Waals surface area contributed by atoms with E-state index in [9.17, 15) is 14.3 Å². The number of aromatic nitrogens is 4. The van der Waals surface area contributed by atoms with Crippen LogP contribution in [0.5, 0.6) is 17.4 Å². The molecule has 0 saturated heterocycles. The first-order chi connectivity index (χ1) is 17.0. The van der Waals surface area contributed by atoms with Crippen molar-refractivity contribution in [1.29, 1.82) is 0 Å². The van der Waals surface area contributed by atoms with E-state index in [0.717, 1.165) is 19.2 Å². The van der Waals surface area contributed by atoms with Crippen LogP contribution >= 0.6 is 0 Å². The molecule has 0 radical (unpaired) electrons. The highest BCUT2D eigenvalue weighted by Gasteiger charge is 2.23. The Labute approximate surface area is 200 Å². The van der Waals surface area contributed by atoms with E-state index in [4.69, 9.17) is 9.47 Å². The summed E-state index contributed by atoms with van der Waals surface area (Å²) in [4.78, 5) is 22.0.